The van der Waals surface area contributed by atoms with Crippen molar-refractivity contribution in [3.63, 3.8) is 0 Å². The van der Waals surface area contributed by atoms with E-state index in [0.717, 1.165) is 64.8 Å². The van der Waals surface area contributed by atoms with Crippen molar-refractivity contribution < 1.29 is 4.74 Å². The molecule has 7 heteroatoms. The molecule has 2 aromatic heterocycles. The lowest BCUT2D eigenvalue weighted by Gasteiger charge is -2.38. The average Bonchev–Trinajstić information content (AvgIpc) is 3.23. The summed E-state index contributed by atoms with van der Waals surface area (Å²) in [7, 11) is 1.68. The lowest BCUT2D eigenvalue weighted by Crippen LogP contribution is -2.49. The Morgan fingerprint density at radius 2 is 2.16 bits per heavy atom. The van der Waals surface area contributed by atoms with E-state index in [0.29, 0.717) is 6.04 Å². The quantitative estimate of drug-likeness (QED) is 0.468. The van der Waals surface area contributed by atoms with Crippen LogP contribution < -0.4 is 15.8 Å². The van der Waals surface area contributed by atoms with Crippen molar-refractivity contribution in [1.29, 1.82) is 0 Å². The van der Waals surface area contributed by atoms with Crippen molar-refractivity contribution >= 4 is 38.5 Å². The Morgan fingerprint density at radius 3 is 3.03 bits per heavy atom. The van der Waals surface area contributed by atoms with Crippen LogP contribution in [0.3, 0.4) is 0 Å². The molecule has 1 fully saturated rings. The minimum Gasteiger partial charge on any atom is -0.497 e. The maximum atomic E-state index is 6.93. The molecule has 160 valence electrons. The van der Waals surface area contributed by atoms with E-state index in [4.69, 9.17) is 15.5 Å². The molecule has 0 saturated heterocycles. The number of ether oxygens (including phenoxy) is 1. The van der Waals surface area contributed by atoms with Gasteiger partial charge in [0.1, 0.15) is 17.1 Å². The van der Waals surface area contributed by atoms with Gasteiger partial charge in [0.25, 0.3) is 0 Å². The molecule has 0 radical (unpaired) electrons. The van der Waals surface area contributed by atoms with E-state index in [1.54, 1.807) is 7.11 Å². The zero-order valence-corrected chi connectivity index (χ0v) is 18.7. The summed E-state index contributed by atoms with van der Waals surface area (Å²) in [5, 5.41) is 9.14. The Hall–Kier alpha value is -2.77. The number of nitrogens with one attached hydrogen (secondary N) is 1. The summed E-state index contributed by atoms with van der Waals surface area (Å²) >= 11 is 1.44. The van der Waals surface area contributed by atoms with Gasteiger partial charge in [-0.1, -0.05) is 16.6 Å². The van der Waals surface area contributed by atoms with Gasteiger partial charge in [-0.2, -0.15) is 0 Å². The predicted octanol–water partition coefficient (Wildman–Crippen LogP) is 4.85. The second kappa shape index (κ2) is 8.05. The van der Waals surface area contributed by atoms with Crippen molar-refractivity contribution in [2.45, 2.75) is 50.6 Å². The van der Waals surface area contributed by atoms with Gasteiger partial charge in [0.2, 0.25) is 0 Å². The van der Waals surface area contributed by atoms with Crippen molar-refractivity contribution in [3.05, 3.63) is 53.6 Å². The average molecular weight is 434 g/mol. The third-order valence-corrected chi connectivity index (χ3v) is 7.05. The van der Waals surface area contributed by atoms with Gasteiger partial charge in [-0.05, 0) is 86.0 Å². The summed E-state index contributed by atoms with van der Waals surface area (Å²) < 4.78 is 10.6. The van der Waals surface area contributed by atoms with E-state index in [-0.39, 0.29) is 5.54 Å². The van der Waals surface area contributed by atoms with Crippen molar-refractivity contribution in [1.82, 2.24) is 14.6 Å². The van der Waals surface area contributed by atoms with E-state index >= 15 is 0 Å². The number of fused-ring (bicyclic) bond motifs is 2. The number of hydrogen-bond donors (Lipinski definition) is 2. The summed E-state index contributed by atoms with van der Waals surface area (Å²) in [6.07, 6.45) is 4.92. The first-order chi connectivity index (χ1) is 15.0. The Labute approximate surface area is 186 Å². The number of pyridine rings is 1. The third kappa shape index (κ3) is 4.07. The van der Waals surface area contributed by atoms with Gasteiger partial charge in [0.15, 0.2) is 0 Å². The van der Waals surface area contributed by atoms with Crippen LogP contribution in [0.15, 0.2) is 42.5 Å². The fourth-order valence-corrected chi connectivity index (χ4v) is 5.46. The second-order valence-corrected chi connectivity index (χ2v) is 9.51. The molecule has 1 aliphatic rings. The van der Waals surface area contributed by atoms with Gasteiger partial charge in [-0.15, -0.1) is 5.10 Å². The van der Waals surface area contributed by atoms with Crippen LogP contribution in [0.2, 0.25) is 0 Å². The topological polar surface area (TPSA) is 86.0 Å². The summed E-state index contributed by atoms with van der Waals surface area (Å²) in [6, 6.07) is 14.7. The number of rotatable bonds is 5. The molecule has 6 nitrogen and oxygen atoms in total. The van der Waals surface area contributed by atoms with Gasteiger partial charge >= 0.3 is 0 Å². The SMILES string of the molecule is COc1ccc2c(C)cc(NC3CCCC(N)(Cc4cccc5snnc45)C3)nc2c1. The predicted molar refractivity (Wildman–Crippen MR) is 127 cm³/mol. The minimum absolute atomic E-state index is 0.261. The zero-order chi connectivity index (χ0) is 21.4. The minimum atomic E-state index is -0.261. The number of aryl methyl sites for hydroxylation is 1. The molecule has 0 aliphatic heterocycles. The largest absolute Gasteiger partial charge is 0.497 e. The van der Waals surface area contributed by atoms with Gasteiger partial charge in [-0.3, -0.25) is 0 Å². The Morgan fingerprint density at radius 1 is 1.26 bits per heavy atom. The number of aromatic nitrogens is 3. The van der Waals surface area contributed by atoms with E-state index in [1.165, 1.54) is 22.7 Å². The molecule has 2 aromatic carbocycles. The van der Waals surface area contributed by atoms with Crippen LogP contribution in [0.4, 0.5) is 5.82 Å². The van der Waals surface area contributed by atoms with Crippen LogP contribution >= 0.6 is 11.5 Å². The van der Waals surface area contributed by atoms with E-state index < -0.39 is 0 Å². The first-order valence-electron chi connectivity index (χ1n) is 10.7. The van der Waals surface area contributed by atoms with Crippen molar-refractivity contribution in [3.8, 4) is 5.75 Å². The normalized spacial score (nSPS) is 21.5. The highest BCUT2D eigenvalue weighted by atomic mass is 32.1. The van der Waals surface area contributed by atoms with Gasteiger partial charge in [-0.25, -0.2) is 4.98 Å². The van der Waals surface area contributed by atoms with Crippen molar-refractivity contribution in [2.24, 2.45) is 5.73 Å². The van der Waals surface area contributed by atoms with Crippen LogP contribution in [-0.4, -0.2) is 33.3 Å². The monoisotopic (exact) mass is 433 g/mol. The Kier molecular flexibility index (Phi) is 5.24. The summed E-state index contributed by atoms with van der Waals surface area (Å²) in [4.78, 5) is 4.86. The maximum Gasteiger partial charge on any atom is 0.127 e. The first kappa shape index (κ1) is 20.2. The lowest BCUT2D eigenvalue weighted by atomic mass is 9.76. The van der Waals surface area contributed by atoms with Gasteiger partial charge in [0, 0.05) is 23.0 Å². The molecule has 0 amide bonds. The number of nitrogens with zero attached hydrogens (tertiary/aromatic N) is 3. The molecule has 2 unspecified atom stereocenters. The van der Waals surface area contributed by atoms with Crippen LogP contribution in [0.1, 0.15) is 36.8 Å². The Bertz CT molecular complexity index is 1240. The Balaban J connectivity index is 1.36. The van der Waals surface area contributed by atoms with Crippen LogP contribution in [0.5, 0.6) is 5.75 Å². The standard InChI is InChI=1S/C24H27N5OS/c1-15-11-22(27-20-12-18(30-2)8-9-19(15)20)26-17-6-4-10-24(25,14-17)13-16-5-3-7-21-23(16)28-29-31-21/h3,5,7-9,11-12,17H,4,6,10,13-14,25H2,1-2H3,(H,26,27). The molecule has 4 aromatic rings. The number of anilines is 1. The van der Waals surface area contributed by atoms with Crippen LogP contribution in [0, 0.1) is 6.92 Å². The molecule has 2 atom stereocenters. The second-order valence-electron chi connectivity index (χ2n) is 8.72. The van der Waals surface area contributed by atoms with Crippen molar-refractivity contribution in [2.75, 3.05) is 12.4 Å². The highest BCUT2D eigenvalue weighted by molar-refractivity contribution is 7.12. The summed E-state index contributed by atoms with van der Waals surface area (Å²) in [6.45, 7) is 2.12. The third-order valence-electron chi connectivity index (χ3n) is 6.36. The first-order valence-corrected chi connectivity index (χ1v) is 11.5. The van der Waals surface area contributed by atoms with E-state index in [9.17, 15) is 0 Å². The molecule has 5 rings (SSSR count). The molecular weight excluding hydrogens is 406 g/mol. The highest BCUT2D eigenvalue weighted by Crippen LogP contribution is 2.33. The molecule has 31 heavy (non-hydrogen) atoms. The number of benzene rings is 2. The number of nitrogens with two attached hydrogens (primary N) is 1. The lowest BCUT2D eigenvalue weighted by molar-refractivity contribution is 0.277. The number of hydrogen-bond acceptors (Lipinski definition) is 7. The summed E-state index contributed by atoms with van der Waals surface area (Å²) in [5.74, 6) is 1.72. The van der Waals surface area contributed by atoms with E-state index in [2.05, 4.69) is 52.2 Å². The fourth-order valence-electron chi connectivity index (χ4n) is 4.85. The van der Waals surface area contributed by atoms with E-state index in [1.807, 2.05) is 12.1 Å². The highest BCUT2D eigenvalue weighted by Gasteiger charge is 2.34. The number of methoxy groups -OCH3 is 1. The molecule has 0 bridgehead atoms. The van der Waals surface area contributed by atoms with Gasteiger partial charge < -0.3 is 15.8 Å². The zero-order valence-electron chi connectivity index (χ0n) is 17.9. The maximum absolute atomic E-state index is 6.93. The molecule has 3 N–H and O–H groups in total. The smallest absolute Gasteiger partial charge is 0.127 e. The molecular formula is C24H27N5OS. The molecule has 1 saturated carbocycles. The molecule has 0 spiro atoms. The molecule has 2 heterocycles. The summed E-state index contributed by atoms with van der Waals surface area (Å²) in [5.41, 5.74) is 11.0. The fraction of sp³-hybridized carbons (Fsp3) is 0.375. The van der Waals surface area contributed by atoms with Gasteiger partial charge in [0.05, 0.1) is 17.3 Å². The van der Waals surface area contributed by atoms with Crippen LogP contribution in [0.25, 0.3) is 21.1 Å². The van der Waals surface area contributed by atoms with Crippen LogP contribution in [-0.2, 0) is 6.42 Å². The molecule has 1 aliphatic carbocycles.